The van der Waals surface area contributed by atoms with Crippen LogP contribution in [-0.4, -0.2) is 41.5 Å². The maximum atomic E-state index is 6.11. The van der Waals surface area contributed by atoms with Gasteiger partial charge in [0.1, 0.15) is 0 Å². The molecular formula is C14H18BrN3S. The number of benzene rings is 1. The largest absolute Gasteiger partial charge is 0.370 e. The summed E-state index contributed by atoms with van der Waals surface area (Å²) in [6, 6.07) is 8.94. The first-order chi connectivity index (χ1) is 9.24. The molecule has 3 rings (SSSR count). The van der Waals surface area contributed by atoms with Crippen molar-refractivity contribution in [2.75, 3.05) is 24.6 Å². The van der Waals surface area contributed by atoms with Gasteiger partial charge in [-0.05, 0) is 24.1 Å². The first kappa shape index (κ1) is 13.3. The lowest BCUT2D eigenvalue weighted by Gasteiger charge is -2.27. The van der Waals surface area contributed by atoms with Crippen LogP contribution in [-0.2, 0) is 0 Å². The topological polar surface area (TPSA) is 41.6 Å². The number of rotatable bonds is 2. The summed E-state index contributed by atoms with van der Waals surface area (Å²) < 4.78 is 1.13. The maximum absolute atomic E-state index is 6.11. The van der Waals surface area contributed by atoms with E-state index in [1.165, 1.54) is 5.56 Å². The molecule has 5 heteroatoms. The zero-order valence-corrected chi connectivity index (χ0v) is 13.2. The molecule has 1 saturated heterocycles. The number of thioether (sulfide) groups is 1. The van der Waals surface area contributed by atoms with E-state index in [0.717, 1.165) is 41.4 Å². The third kappa shape index (κ3) is 3.26. The quantitative estimate of drug-likeness (QED) is 0.665. The molecule has 2 N–H and O–H groups in total. The van der Waals surface area contributed by atoms with Crippen LogP contribution >= 0.6 is 27.7 Å². The van der Waals surface area contributed by atoms with Crippen molar-refractivity contribution in [3.05, 3.63) is 34.3 Å². The summed E-state index contributed by atoms with van der Waals surface area (Å²) in [7, 11) is 0. The van der Waals surface area contributed by atoms with Gasteiger partial charge in [-0.25, -0.2) is 4.99 Å². The molecule has 0 amide bonds. The maximum Gasteiger partial charge on any atom is 0.191 e. The fraction of sp³-hybridized carbons (Fsp3) is 0.500. The Balaban J connectivity index is 1.61. The zero-order chi connectivity index (χ0) is 13.2. The van der Waals surface area contributed by atoms with Crippen molar-refractivity contribution in [2.45, 2.75) is 18.4 Å². The average Bonchev–Trinajstić information content (AvgIpc) is 3.20. The highest BCUT2D eigenvalue weighted by Gasteiger charge is 2.38. The second-order valence-electron chi connectivity index (χ2n) is 5.05. The van der Waals surface area contributed by atoms with Crippen LogP contribution in [0.4, 0.5) is 0 Å². The molecule has 2 unspecified atom stereocenters. The summed E-state index contributed by atoms with van der Waals surface area (Å²) >= 11 is 5.46. The Kier molecular flexibility index (Phi) is 4.03. The van der Waals surface area contributed by atoms with Crippen molar-refractivity contribution in [3.63, 3.8) is 0 Å². The van der Waals surface area contributed by atoms with Crippen molar-refractivity contribution in [1.29, 1.82) is 0 Å². The summed E-state index contributed by atoms with van der Waals surface area (Å²) in [5, 5.41) is 0. The predicted octanol–water partition coefficient (Wildman–Crippen LogP) is 2.67. The van der Waals surface area contributed by atoms with Gasteiger partial charge in [0.15, 0.2) is 5.96 Å². The molecule has 3 nitrogen and oxygen atoms in total. The van der Waals surface area contributed by atoms with E-state index in [9.17, 15) is 0 Å². The van der Waals surface area contributed by atoms with Crippen LogP contribution in [0.1, 0.15) is 17.9 Å². The van der Waals surface area contributed by atoms with Crippen molar-refractivity contribution < 1.29 is 0 Å². The van der Waals surface area contributed by atoms with Gasteiger partial charge in [-0.2, -0.15) is 11.8 Å². The fourth-order valence-corrected chi connectivity index (χ4v) is 3.60. The van der Waals surface area contributed by atoms with E-state index < -0.39 is 0 Å². The molecule has 2 aliphatic rings. The number of guanidine groups is 1. The van der Waals surface area contributed by atoms with Gasteiger partial charge < -0.3 is 10.6 Å². The Bertz CT molecular complexity index is 468. The molecule has 0 aromatic heterocycles. The average molecular weight is 340 g/mol. The third-order valence-corrected chi connectivity index (χ3v) is 5.16. The molecule has 1 saturated carbocycles. The van der Waals surface area contributed by atoms with E-state index in [2.05, 4.69) is 45.1 Å². The summed E-state index contributed by atoms with van der Waals surface area (Å²) in [4.78, 5) is 6.91. The number of aliphatic imine (C=N–C) groups is 1. The van der Waals surface area contributed by atoms with Gasteiger partial charge >= 0.3 is 0 Å². The zero-order valence-electron chi connectivity index (χ0n) is 10.8. The second-order valence-corrected chi connectivity index (χ2v) is 7.19. The number of halogens is 1. The number of hydrogen-bond donors (Lipinski definition) is 1. The number of hydrogen-bond acceptors (Lipinski definition) is 2. The lowest BCUT2D eigenvalue weighted by Crippen LogP contribution is -2.42. The SMILES string of the molecule is NC(=NC1CC1c1ccc(Br)cc1)N1CCSCC1. The standard InChI is InChI=1S/C14H18BrN3S/c15-11-3-1-10(2-4-11)12-9-13(12)17-14(16)18-5-7-19-8-6-18/h1-4,12-13H,5-9H2,(H2,16,17). The highest BCUT2D eigenvalue weighted by molar-refractivity contribution is 9.10. The first-order valence-electron chi connectivity index (χ1n) is 6.65. The molecule has 1 aliphatic heterocycles. The van der Waals surface area contributed by atoms with Gasteiger partial charge in [-0.15, -0.1) is 0 Å². The molecule has 2 fully saturated rings. The molecule has 1 aliphatic carbocycles. The molecule has 0 bridgehead atoms. The first-order valence-corrected chi connectivity index (χ1v) is 8.60. The van der Waals surface area contributed by atoms with Crippen LogP contribution in [0.25, 0.3) is 0 Å². The predicted molar refractivity (Wildman–Crippen MR) is 85.8 cm³/mol. The molecular weight excluding hydrogens is 322 g/mol. The van der Waals surface area contributed by atoms with Gasteiger partial charge in [-0.1, -0.05) is 28.1 Å². The van der Waals surface area contributed by atoms with Gasteiger partial charge in [0.2, 0.25) is 0 Å². The Morgan fingerprint density at radius 3 is 2.63 bits per heavy atom. The Morgan fingerprint density at radius 1 is 1.26 bits per heavy atom. The highest BCUT2D eigenvalue weighted by Crippen LogP contribution is 2.43. The second kappa shape index (κ2) is 5.75. The molecule has 1 aromatic carbocycles. The van der Waals surface area contributed by atoms with E-state index in [1.54, 1.807) is 0 Å². The minimum atomic E-state index is 0.385. The van der Waals surface area contributed by atoms with E-state index in [0.29, 0.717) is 12.0 Å². The molecule has 0 spiro atoms. The minimum absolute atomic E-state index is 0.385. The molecule has 1 heterocycles. The smallest absolute Gasteiger partial charge is 0.191 e. The van der Waals surface area contributed by atoms with Crippen LogP contribution in [0.3, 0.4) is 0 Å². The van der Waals surface area contributed by atoms with Gasteiger partial charge in [0, 0.05) is 35.0 Å². The fourth-order valence-electron chi connectivity index (χ4n) is 2.44. The van der Waals surface area contributed by atoms with Gasteiger partial charge in [0.05, 0.1) is 6.04 Å². The molecule has 19 heavy (non-hydrogen) atoms. The van der Waals surface area contributed by atoms with Crippen LogP contribution in [0, 0.1) is 0 Å². The van der Waals surface area contributed by atoms with Crippen LogP contribution in [0.15, 0.2) is 33.7 Å². The van der Waals surface area contributed by atoms with Crippen molar-refractivity contribution in [3.8, 4) is 0 Å². The third-order valence-electron chi connectivity index (χ3n) is 3.69. The summed E-state index contributed by atoms with van der Waals surface area (Å²) in [5.74, 6) is 3.63. The molecule has 1 aromatic rings. The normalized spacial score (nSPS) is 27.4. The Labute approximate surface area is 126 Å². The van der Waals surface area contributed by atoms with Crippen LogP contribution < -0.4 is 5.73 Å². The van der Waals surface area contributed by atoms with E-state index in [-0.39, 0.29) is 0 Å². The Morgan fingerprint density at radius 2 is 1.95 bits per heavy atom. The summed E-state index contributed by atoms with van der Waals surface area (Å²) in [6.07, 6.45) is 1.13. The number of nitrogens with zero attached hydrogens (tertiary/aromatic N) is 2. The Hall–Kier alpha value is -0.680. The van der Waals surface area contributed by atoms with Crippen molar-refractivity contribution in [1.82, 2.24) is 4.90 Å². The molecule has 2 atom stereocenters. The molecule has 0 radical (unpaired) electrons. The lowest BCUT2D eigenvalue weighted by atomic mass is 10.1. The van der Waals surface area contributed by atoms with Crippen molar-refractivity contribution >= 4 is 33.7 Å². The lowest BCUT2D eigenvalue weighted by molar-refractivity contribution is 0.455. The highest BCUT2D eigenvalue weighted by atomic mass is 79.9. The molecule has 102 valence electrons. The summed E-state index contributed by atoms with van der Waals surface area (Å²) in [6.45, 7) is 2.07. The van der Waals surface area contributed by atoms with Gasteiger partial charge in [0.25, 0.3) is 0 Å². The van der Waals surface area contributed by atoms with Crippen LogP contribution in [0.5, 0.6) is 0 Å². The van der Waals surface area contributed by atoms with Crippen LogP contribution in [0.2, 0.25) is 0 Å². The number of nitrogens with two attached hydrogens (primary N) is 1. The van der Waals surface area contributed by atoms with Gasteiger partial charge in [-0.3, -0.25) is 0 Å². The van der Waals surface area contributed by atoms with Crippen molar-refractivity contribution in [2.24, 2.45) is 10.7 Å². The summed E-state index contributed by atoms with van der Waals surface area (Å²) in [5.41, 5.74) is 7.49. The minimum Gasteiger partial charge on any atom is -0.370 e. The van der Waals surface area contributed by atoms with E-state index >= 15 is 0 Å². The monoisotopic (exact) mass is 339 g/mol. The van der Waals surface area contributed by atoms with E-state index in [4.69, 9.17) is 10.7 Å². The van der Waals surface area contributed by atoms with E-state index in [1.807, 2.05) is 11.8 Å².